The fourth-order valence-electron chi connectivity index (χ4n) is 4.33. The molecule has 1 radical (unpaired) electrons. The summed E-state index contributed by atoms with van der Waals surface area (Å²) in [6.07, 6.45) is 4.89. The monoisotopic (exact) mass is 666 g/mol. The Hall–Kier alpha value is -0.158. The summed E-state index contributed by atoms with van der Waals surface area (Å²) in [5, 5.41) is 0. The SMILES string of the molecule is C/C=C\[C@@H]1C[C@H](C(=O)OC(C)(C)C)N(C(=O)OC(C)(C)C)[C@H]1[C@@H]([NH-])C(CC)(CC)OC.[Ac]. The van der Waals surface area contributed by atoms with Crippen LogP contribution in [0.15, 0.2) is 12.2 Å². The fraction of sp³-hybridized carbons (Fsp3) is 0.833. The number of carbonyl (C=O) groups is 2. The summed E-state index contributed by atoms with van der Waals surface area (Å²) in [4.78, 5) is 27.9. The standard InChI is InChI=1S/C24H43N2O5.Ac/c1-11-14-16-15-17(20(27)30-22(4,5)6)26(21(28)31-23(7,8)9)18(16)19(25)24(12-2,13-3)29-10;/h11,14,16-19,25H,12-13,15H2,1-10H3;/q-1;/b14-11-;/t16-,17-,18-,19-;/m1./s1. The predicted molar refractivity (Wildman–Crippen MR) is 123 cm³/mol. The zero-order valence-electron chi connectivity index (χ0n) is 21.7. The van der Waals surface area contributed by atoms with Crippen LogP contribution in [0.4, 0.5) is 4.79 Å². The molecule has 8 heteroatoms. The molecule has 0 aromatic rings. The molecule has 32 heavy (non-hydrogen) atoms. The number of esters is 1. The van der Waals surface area contributed by atoms with Crippen LogP contribution < -0.4 is 0 Å². The van der Waals surface area contributed by atoms with Gasteiger partial charge in [-0.1, -0.05) is 32.0 Å². The molecule has 0 saturated carbocycles. The van der Waals surface area contributed by atoms with E-state index in [1.165, 1.54) is 4.90 Å². The van der Waals surface area contributed by atoms with Crippen LogP contribution in [0.25, 0.3) is 5.73 Å². The largest absolute Gasteiger partial charge is 0.671 e. The van der Waals surface area contributed by atoms with Crippen LogP contribution in [0.1, 0.15) is 81.6 Å². The van der Waals surface area contributed by atoms with Crippen molar-refractivity contribution in [3.63, 3.8) is 0 Å². The molecular formula is C24H43AcN2O5-. The number of hydrogen-bond donors (Lipinski definition) is 0. The van der Waals surface area contributed by atoms with Gasteiger partial charge in [-0.3, -0.25) is 4.90 Å². The Morgan fingerprint density at radius 3 is 1.94 bits per heavy atom. The van der Waals surface area contributed by atoms with E-state index in [9.17, 15) is 15.3 Å². The van der Waals surface area contributed by atoms with Gasteiger partial charge in [0.05, 0.1) is 5.60 Å². The minimum atomic E-state index is -0.823. The molecule has 1 heterocycles. The normalized spacial score (nSPS) is 23.1. The van der Waals surface area contributed by atoms with Gasteiger partial charge in [0.1, 0.15) is 17.2 Å². The third-order valence-electron chi connectivity index (χ3n) is 5.83. The molecule has 0 aliphatic carbocycles. The second kappa shape index (κ2) is 12.5. The minimum Gasteiger partial charge on any atom is -0.671 e. The molecule has 1 rings (SSSR count). The van der Waals surface area contributed by atoms with Crippen molar-refractivity contribution in [3.8, 4) is 0 Å². The number of nitrogens with one attached hydrogen (secondary N) is 1. The van der Waals surface area contributed by atoms with Crippen LogP contribution in [0.5, 0.6) is 0 Å². The van der Waals surface area contributed by atoms with Crippen molar-refractivity contribution in [2.45, 2.75) is 117 Å². The van der Waals surface area contributed by atoms with Gasteiger partial charge in [0.15, 0.2) is 0 Å². The van der Waals surface area contributed by atoms with Crippen molar-refractivity contribution in [1.29, 1.82) is 0 Å². The number of amides is 1. The Kier molecular flexibility index (Phi) is 12.5. The van der Waals surface area contributed by atoms with Gasteiger partial charge in [0, 0.05) is 57.2 Å². The topological polar surface area (TPSA) is 88.9 Å². The summed E-state index contributed by atoms with van der Waals surface area (Å²) in [7, 11) is 1.61. The second-order valence-corrected chi connectivity index (χ2v) is 10.3. The number of methoxy groups -OCH3 is 1. The molecule has 0 aromatic carbocycles. The average Bonchev–Trinajstić information content (AvgIpc) is 3.00. The van der Waals surface area contributed by atoms with E-state index in [2.05, 4.69) is 0 Å². The van der Waals surface area contributed by atoms with Gasteiger partial charge in [-0.15, -0.1) is 0 Å². The number of nitrogens with zero attached hydrogens (tertiary/aromatic N) is 1. The van der Waals surface area contributed by atoms with E-state index in [1.807, 2.05) is 32.9 Å². The van der Waals surface area contributed by atoms with Crippen LogP contribution >= 0.6 is 0 Å². The van der Waals surface area contributed by atoms with E-state index < -0.39 is 47.0 Å². The van der Waals surface area contributed by atoms with Gasteiger partial charge in [-0.25, -0.2) is 9.59 Å². The van der Waals surface area contributed by atoms with E-state index in [-0.39, 0.29) is 50.0 Å². The van der Waals surface area contributed by atoms with E-state index in [4.69, 9.17) is 14.2 Å². The van der Waals surface area contributed by atoms with Crippen molar-refractivity contribution in [2.75, 3.05) is 7.11 Å². The number of allylic oxidation sites excluding steroid dienone is 1. The van der Waals surface area contributed by atoms with Crippen molar-refractivity contribution < 1.29 is 67.9 Å². The van der Waals surface area contributed by atoms with Gasteiger partial charge in [0.2, 0.25) is 0 Å². The molecule has 1 amide bonds. The van der Waals surface area contributed by atoms with E-state index >= 15 is 0 Å². The first-order valence-electron chi connectivity index (χ1n) is 11.3. The van der Waals surface area contributed by atoms with E-state index in [1.54, 1.807) is 48.7 Å². The molecule has 183 valence electrons. The fourth-order valence-corrected chi connectivity index (χ4v) is 4.33. The molecule has 1 saturated heterocycles. The molecule has 0 unspecified atom stereocenters. The quantitative estimate of drug-likeness (QED) is 0.264. The molecule has 4 atom stereocenters. The third-order valence-corrected chi connectivity index (χ3v) is 5.83. The molecule has 0 bridgehead atoms. The van der Waals surface area contributed by atoms with Crippen LogP contribution in [0.3, 0.4) is 0 Å². The van der Waals surface area contributed by atoms with E-state index in [0.29, 0.717) is 19.3 Å². The minimum absolute atomic E-state index is 0. The second-order valence-electron chi connectivity index (χ2n) is 10.3. The first-order chi connectivity index (χ1) is 14.2. The predicted octanol–water partition coefficient (Wildman–Crippen LogP) is 5.52. The Balaban J connectivity index is 0.00000961. The molecule has 1 aliphatic rings. The number of likely N-dealkylation sites (tertiary alicyclic amines) is 1. The Morgan fingerprint density at radius 2 is 1.56 bits per heavy atom. The maximum atomic E-state index is 13.3. The van der Waals surface area contributed by atoms with Crippen LogP contribution in [-0.4, -0.2) is 59.0 Å². The summed E-state index contributed by atoms with van der Waals surface area (Å²) in [6, 6.07) is -2.17. The van der Waals surface area contributed by atoms with E-state index in [0.717, 1.165) is 0 Å². The summed E-state index contributed by atoms with van der Waals surface area (Å²) in [5.74, 6) is -0.663. The van der Waals surface area contributed by atoms with Gasteiger partial charge >= 0.3 is 12.1 Å². The molecule has 0 spiro atoms. The molecular weight excluding hydrogens is 623 g/mol. The van der Waals surface area contributed by atoms with Gasteiger partial charge in [-0.05, 0) is 73.6 Å². The molecule has 1 N–H and O–H groups in total. The van der Waals surface area contributed by atoms with Gasteiger partial charge in [-0.2, -0.15) is 0 Å². The van der Waals surface area contributed by atoms with Crippen LogP contribution in [-0.2, 0) is 19.0 Å². The first-order valence-corrected chi connectivity index (χ1v) is 11.3. The zero-order valence-corrected chi connectivity index (χ0v) is 26.4. The maximum Gasteiger partial charge on any atom is 0.411 e. The summed E-state index contributed by atoms with van der Waals surface area (Å²) in [6.45, 7) is 16.6. The first kappa shape index (κ1) is 31.8. The Labute approximate surface area is 230 Å². The zero-order chi connectivity index (χ0) is 24.2. The molecule has 1 aliphatic heterocycles. The summed E-state index contributed by atoms with van der Waals surface area (Å²) >= 11 is 0. The summed E-state index contributed by atoms with van der Waals surface area (Å²) < 4.78 is 17.2. The number of carbonyl (C=O) groups excluding carboxylic acids is 2. The Bertz CT molecular complexity index is 641. The average molecular weight is 667 g/mol. The number of ether oxygens (including phenoxy) is 3. The number of hydrogen-bond acceptors (Lipinski definition) is 5. The molecule has 7 nitrogen and oxygen atoms in total. The van der Waals surface area contributed by atoms with Crippen molar-refractivity contribution in [3.05, 3.63) is 17.9 Å². The van der Waals surface area contributed by atoms with Crippen molar-refractivity contribution in [1.82, 2.24) is 4.90 Å². The Morgan fingerprint density at radius 1 is 1.06 bits per heavy atom. The molecule has 1 fully saturated rings. The van der Waals surface area contributed by atoms with Crippen molar-refractivity contribution in [2.24, 2.45) is 5.92 Å². The van der Waals surface area contributed by atoms with Crippen LogP contribution in [0.2, 0.25) is 0 Å². The van der Waals surface area contributed by atoms with Gasteiger partial charge < -0.3 is 19.9 Å². The number of rotatable bonds is 7. The van der Waals surface area contributed by atoms with Crippen molar-refractivity contribution >= 4 is 12.1 Å². The maximum absolute atomic E-state index is 13.3. The molecule has 0 aromatic heterocycles. The smallest absolute Gasteiger partial charge is 0.411 e. The summed E-state index contributed by atoms with van der Waals surface area (Å²) in [5.41, 5.74) is 7.03. The van der Waals surface area contributed by atoms with Crippen LogP contribution in [0, 0.1) is 50.0 Å². The van der Waals surface area contributed by atoms with Gasteiger partial charge in [0.25, 0.3) is 0 Å². The third kappa shape index (κ3) is 7.96.